The molecule has 10 nitrogen and oxygen atoms in total. The SMILES string of the molecule is COc1cccc2oc(-c3nc4ccccc4c(=O)n3N=Cc3cc([N+](=O)[O-])ccc3OCc3ccccc3)cc12. The maximum Gasteiger partial charge on any atom is 0.282 e. The van der Waals surface area contributed by atoms with Gasteiger partial charge >= 0.3 is 0 Å². The maximum atomic E-state index is 13.7. The third-order valence-corrected chi connectivity index (χ3v) is 6.47. The molecule has 0 saturated heterocycles. The van der Waals surface area contributed by atoms with E-state index in [1.54, 1.807) is 55.6 Å². The predicted molar refractivity (Wildman–Crippen MR) is 155 cm³/mol. The van der Waals surface area contributed by atoms with E-state index in [1.165, 1.54) is 24.4 Å². The Kier molecular flexibility index (Phi) is 6.70. The third-order valence-electron chi connectivity index (χ3n) is 6.47. The van der Waals surface area contributed by atoms with Crippen molar-refractivity contribution in [2.24, 2.45) is 5.10 Å². The molecule has 0 amide bonds. The monoisotopic (exact) mass is 546 g/mol. The van der Waals surface area contributed by atoms with E-state index in [1.807, 2.05) is 30.3 Å². The van der Waals surface area contributed by atoms with E-state index < -0.39 is 10.5 Å². The molecule has 2 heterocycles. The van der Waals surface area contributed by atoms with Crippen LogP contribution in [0.1, 0.15) is 11.1 Å². The molecule has 0 aliphatic carbocycles. The zero-order valence-corrected chi connectivity index (χ0v) is 21.8. The summed E-state index contributed by atoms with van der Waals surface area (Å²) in [6.07, 6.45) is 1.35. The third kappa shape index (κ3) is 5.01. The summed E-state index contributed by atoms with van der Waals surface area (Å²) in [7, 11) is 1.56. The number of nitro benzene ring substituents is 1. The summed E-state index contributed by atoms with van der Waals surface area (Å²) in [5, 5.41) is 17.0. The van der Waals surface area contributed by atoms with Crippen molar-refractivity contribution in [1.29, 1.82) is 0 Å². The molecule has 0 unspecified atom stereocenters. The van der Waals surface area contributed by atoms with Gasteiger partial charge in [-0.05, 0) is 42.0 Å². The van der Waals surface area contributed by atoms with Crippen molar-refractivity contribution in [3.8, 4) is 23.1 Å². The smallest absolute Gasteiger partial charge is 0.282 e. The fourth-order valence-corrected chi connectivity index (χ4v) is 4.45. The van der Waals surface area contributed by atoms with Crippen LogP contribution in [0.3, 0.4) is 0 Å². The van der Waals surface area contributed by atoms with Crippen LogP contribution in [0.15, 0.2) is 111 Å². The molecule has 0 spiro atoms. The maximum absolute atomic E-state index is 13.7. The van der Waals surface area contributed by atoms with Crippen LogP contribution < -0.4 is 15.0 Å². The molecule has 0 N–H and O–H groups in total. The van der Waals surface area contributed by atoms with Crippen molar-refractivity contribution in [3.05, 3.63) is 129 Å². The summed E-state index contributed by atoms with van der Waals surface area (Å²) in [4.78, 5) is 29.4. The van der Waals surface area contributed by atoms with E-state index in [2.05, 4.69) is 10.1 Å². The van der Waals surface area contributed by atoms with Gasteiger partial charge in [0.25, 0.3) is 11.2 Å². The van der Waals surface area contributed by atoms with Gasteiger partial charge in [0, 0.05) is 17.7 Å². The first kappa shape index (κ1) is 25.5. The van der Waals surface area contributed by atoms with Crippen LogP contribution in [0, 0.1) is 10.1 Å². The molecule has 41 heavy (non-hydrogen) atoms. The highest BCUT2D eigenvalue weighted by Gasteiger charge is 2.18. The van der Waals surface area contributed by atoms with Crippen molar-refractivity contribution in [1.82, 2.24) is 9.66 Å². The molecule has 0 saturated carbocycles. The van der Waals surface area contributed by atoms with E-state index in [0.717, 1.165) is 10.2 Å². The van der Waals surface area contributed by atoms with Crippen LogP contribution in [-0.2, 0) is 6.61 Å². The van der Waals surface area contributed by atoms with E-state index in [0.29, 0.717) is 44.7 Å². The van der Waals surface area contributed by atoms with Crippen molar-refractivity contribution in [3.63, 3.8) is 0 Å². The minimum Gasteiger partial charge on any atom is -0.496 e. The topological polar surface area (TPSA) is 122 Å². The number of benzene rings is 4. The highest BCUT2D eigenvalue weighted by atomic mass is 16.6. The Labute approximate surface area is 232 Å². The Hall–Kier alpha value is -5.77. The Morgan fingerprint density at radius 3 is 2.56 bits per heavy atom. The number of methoxy groups -OCH3 is 1. The predicted octanol–water partition coefficient (Wildman–Crippen LogP) is 6.19. The number of hydrogen-bond acceptors (Lipinski definition) is 8. The van der Waals surface area contributed by atoms with Gasteiger partial charge in [0.2, 0.25) is 5.82 Å². The summed E-state index contributed by atoms with van der Waals surface area (Å²) >= 11 is 0. The lowest BCUT2D eigenvalue weighted by atomic mass is 10.2. The Morgan fingerprint density at radius 2 is 1.76 bits per heavy atom. The summed E-state index contributed by atoms with van der Waals surface area (Å²) < 4.78 is 18.6. The molecule has 6 rings (SSSR count). The van der Waals surface area contributed by atoms with Crippen LogP contribution >= 0.6 is 0 Å². The average molecular weight is 547 g/mol. The average Bonchev–Trinajstić information content (AvgIpc) is 3.45. The molecule has 0 aliphatic rings. The van der Waals surface area contributed by atoms with E-state index >= 15 is 0 Å². The largest absolute Gasteiger partial charge is 0.496 e. The van der Waals surface area contributed by atoms with Gasteiger partial charge in [-0.15, -0.1) is 0 Å². The van der Waals surface area contributed by atoms with Crippen molar-refractivity contribution >= 4 is 33.8 Å². The number of furan rings is 1. The Morgan fingerprint density at radius 1 is 0.951 bits per heavy atom. The van der Waals surface area contributed by atoms with Crippen LogP contribution in [0.2, 0.25) is 0 Å². The number of rotatable bonds is 8. The molecule has 0 radical (unpaired) electrons. The quantitative estimate of drug-likeness (QED) is 0.127. The van der Waals surface area contributed by atoms with Crippen LogP contribution in [0.5, 0.6) is 11.5 Å². The second-order valence-corrected chi connectivity index (χ2v) is 9.05. The number of nitrogens with zero attached hydrogens (tertiary/aromatic N) is 4. The van der Waals surface area contributed by atoms with Gasteiger partial charge < -0.3 is 13.9 Å². The minimum atomic E-state index is -0.505. The number of para-hydroxylation sites is 1. The number of aromatic nitrogens is 2. The van der Waals surface area contributed by atoms with Crippen molar-refractivity contribution in [2.45, 2.75) is 6.61 Å². The number of fused-ring (bicyclic) bond motifs is 2. The van der Waals surface area contributed by atoms with Gasteiger partial charge in [-0.2, -0.15) is 9.78 Å². The second kappa shape index (κ2) is 10.8. The number of hydrogen-bond donors (Lipinski definition) is 0. The zero-order chi connectivity index (χ0) is 28.3. The van der Waals surface area contributed by atoms with Gasteiger partial charge in [-0.3, -0.25) is 14.9 Å². The Balaban J connectivity index is 1.48. The molecule has 0 fully saturated rings. The second-order valence-electron chi connectivity index (χ2n) is 9.05. The van der Waals surface area contributed by atoms with Gasteiger partial charge in [-0.1, -0.05) is 48.5 Å². The summed E-state index contributed by atoms with van der Waals surface area (Å²) in [5.74, 6) is 1.41. The molecular formula is C31H22N4O6. The summed E-state index contributed by atoms with van der Waals surface area (Å²) in [6, 6.07) is 27.8. The molecule has 0 bridgehead atoms. The molecule has 4 aromatic carbocycles. The molecule has 0 atom stereocenters. The lowest BCUT2D eigenvalue weighted by molar-refractivity contribution is -0.384. The first-order chi connectivity index (χ1) is 20.0. The first-order valence-electron chi connectivity index (χ1n) is 12.6. The van der Waals surface area contributed by atoms with E-state index in [-0.39, 0.29) is 18.1 Å². The normalized spacial score (nSPS) is 11.3. The lowest BCUT2D eigenvalue weighted by Gasteiger charge is -2.10. The van der Waals surface area contributed by atoms with E-state index in [4.69, 9.17) is 13.9 Å². The standard InChI is InChI=1S/C31H22N4O6/c1-39-27-12-7-13-28-24(27)17-29(41-28)30-33-25-11-6-5-10-23(25)31(36)34(30)32-18-21-16-22(35(37)38)14-15-26(21)40-19-20-8-3-2-4-9-20/h2-18H,19H2,1H3. The molecule has 6 aromatic rings. The Bertz CT molecular complexity index is 2000. The van der Waals surface area contributed by atoms with Crippen LogP contribution in [-0.4, -0.2) is 27.9 Å². The number of non-ortho nitro benzene ring substituents is 1. The van der Waals surface area contributed by atoms with Gasteiger partial charge in [-0.25, -0.2) is 4.98 Å². The highest BCUT2D eigenvalue weighted by molar-refractivity contribution is 5.89. The minimum absolute atomic E-state index is 0.146. The summed E-state index contributed by atoms with van der Waals surface area (Å²) in [6.45, 7) is 0.239. The molecule has 10 heteroatoms. The number of ether oxygens (including phenoxy) is 2. The van der Waals surface area contributed by atoms with Gasteiger partial charge in [0.05, 0.1) is 34.5 Å². The van der Waals surface area contributed by atoms with Crippen molar-refractivity contribution in [2.75, 3.05) is 7.11 Å². The molecule has 2 aromatic heterocycles. The lowest BCUT2D eigenvalue weighted by Crippen LogP contribution is -2.20. The molecular weight excluding hydrogens is 524 g/mol. The van der Waals surface area contributed by atoms with Gasteiger partial charge in [0.1, 0.15) is 23.7 Å². The molecule has 202 valence electrons. The van der Waals surface area contributed by atoms with Crippen LogP contribution in [0.25, 0.3) is 33.5 Å². The summed E-state index contributed by atoms with van der Waals surface area (Å²) in [5.41, 5.74) is 1.67. The first-order valence-corrected chi connectivity index (χ1v) is 12.6. The van der Waals surface area contributed by atoms with E-state index in [9.17, 15) is 14.9 Å². The van der Waals surface area contributed by atoms with Crippen molar-refractivity contribution < 1.29 is 18.8 Å². The number of nitro groups is 1. The zero-order valence-electron chi connectivity index (χ0n) is 21.8. The fraction of sp³-hybridized carbons (Fsp3) is 0.0645. The molecule has 0 aliphatic heterocycles. The van der Waals surface area contributed by atoms with Crippen LogP contribution in [0.4, 0.5) is 5.69 Å². The fourth-order valence-electron chi connectivity index (χ4n) is 4.45. The van der Waals surface area contributed by atoms with Gasteiger partial charge in [0.15, 0.2) is 5.76 Å². The highest BCUT2D eigenvalue weighted by Crippen LogP contribution is 2.33.